The van der Waals surface area contributed by atoms with E-state index in [0.29, 0.717) is 52.6 Å². The van der Waals surface area contributed by atoms with Crippen LogP contribution in [0.3, 0.4) is 0 Å². The molecule has 0 N–H and O–H groups in total. The lowest BCUT2D eigenvalue weighted by molar-refractivity contribution is -0.145. The zero-order valence-corrected chi connectivity index (χ0v) is 25.4. The molecule has 0 aliphatic carbocycles. The van der Waals surface area contributed by atoms with Gasteiger partial charge < -0.3 is 28.6 Å². The Morgan fingerprint density at radius 1 is 0.605 bits per heavy atom. The van der Waals surface area contributed by atoms with E-state index in [-0.39, 0.29) is 18.7 Å². The number of carbonyl (C=O) groups is 2. The van der Waals surface area contributed by atoms with Gasteiger partial charge in [0.15, 0.2) is 0 Å². The maximum atomic E-state index is 11.8. The number of ether oxygens (including phenoxy) is 5. The first-order valence-electron chi connectivity index (χ1n) is 15.1. The standard InChI is InChI=1S/C30H59NO7/c1-6-7-8-9-10-11-12-13-14-15-16-17-18-19-28(32)37-27-26-36-25-24-35-23-22-34-21-20-31(5)29(33)38-30(2,3)4/h6-27H2,1-5H3. The van der Waals surface area contributed by atoms with Crippen LogP contribution in [0.2, 0.25) is 0 Å². The van der Waals surface area contributed by atoms with E-state index < -0.39 is 5.60 Å². The third-order valence-electron chi connectivity index (χ3n) is 6.00. The first-order chi connectivity index (χ1) is 18.3. The zero-order valence-electron chi connectivity index (χ0n) is 25.4. The van der Waals surface area contributed by atoms with Crippen LogP contribution < -0.4 is 0 Å². The Balaban J connectivity index is 3.30. The Labute approximate surface area is 233 Å². The van der Waals surface area contributed by atoms with Gasteiger partial charge in [-0.05, 0) is 27.2 Å². The highest BCUT2D eigenvalue weighted by molar-refractivity contribution is 5.69. The van der Waals surface area contributed by atoms with Crippen molar-refractivity contribution in [1.29, 1.82) is 0 Å². The molecule has 226 valence electrons. The van der Waals surface area contributed by atoms with Crippen LogP contribution in [-0.4, -0.2) is 82.4 Å². The highest BCUT2D eigenvalue weighted by Gasteiger charge is 2.19. The van der Waals surface area contributed by atoms with E-state index >= 15 is 0 Å². The third kappa shape index (κ3) is 27.6. The smallest absolute Gasteiger partial charge is 0.410 e. The van der Waals surface area contributed by atoms with E-state index in [9.17, 15) is 9.59 Å². The molecular formula is C30H59NO7. The van der Waals surface area contributed by atoms with Gasteiger partial charge in [0.05, 0.1) is 39.6 Å². The lowest BCUT2D eigenvalue weighted by atomic mass is 10.0. The molecule has 1 amide bonds. The SMILES string of the molecule is CCCCCCCCCCCCCCCC(=O)OCCOCCOCCOCCN(C)C(=O)OC(C)(C)C. The monoisotopic (exact) mass is 545 g/mol. The van der Waals surface area contributed by atoms with E-state index in [1.54, 1.807) is 7.05 Å². The van der Waals surface area contributed by atoms with Crippen molar-refractivity contribution in [2.75, 3.05) is 59.8 Å². The highest BCUT2D eigenvalue weighted by Crippen LogP contribution is 2.13. The molecule has 0 aromatic heterocycles. The number of amides is 1. The molecule has 0 aromatic carbocycles. The second-order valence-corrected chi connectivity index (χ2v) is 11.0. The summed E-state index contributed by atoms with van der Waals surface area (Å²) in [6.07, 6.45) is 17.0. The molecule has 0 spiro atoms. The number of esters is 1. The molecule has 8 nitrogen and oxygen atoms in total. The molecule has 0 unspecified atom stereocenters. The topological polar surface area (TPSA) is 83.5 Å². The fourth-order valence-electron chi connectivity index (χ4n) is 3.75. The van der Waals surface area contributed by atoms with Crippen molar-refractivity contribution >= 4 is 12.1 Å². The molecule has 0 heterocycles. The average Bonchev–Trinajstić information content (AvgIpc) is 2.86. The maximum Gasteiger partial charge on any atom is 0.410 e. The summed E-state index contributed by atoms with van der Waals surface area (Å²) < 4.78 is 26.9. The Morgan fingerprint density at radius 3 is 1.50 bits per heavy atom. The van der Waals surface area contributed by atoms with Crippen LogP contribution in [0.25, 0.3) is 0 Å². The van der Waals surface area contributed by atoms with Gasteiger partial charge in [-0.15, -0.1) is 0 Å². The maximum absolute atomic E-state index is 11.8. The lowest BCUT2D eigenvalue weighted by Gasteiger charge is -2.24. The molecule has 38 heavy (non-hydrogen) atoms. The quantitative estimate of drug-likeness (QED) is 0.0861. The van der Waals surface area contributed by atoms with Crippen LogP contribution in [0.15, 0.2) is 0 Å². The fourth-order valence-corrected chi connectivity index (χ4v) is 3.75. The molecule has 0 aromatic rings. The number of nitrogens with zero attached hydrogens (tertiary/aromatic N) is 1. The summed E-state index contributed by atoms with van der Waals surface area (Å²) in [5, 5.41) is 0. The summed E-state index contributed by atoms with van der Waals surface area (Å²) in [6.45, 7) is 11.1. The Hall–Kier alpha value is -1.38. The minimum atomic E-state index is -0.504. The fraction of sp³-hybridized carbons (Fsp3) is 0.933. The predicted octanol–water partition coefficient (Wildman–Crippen LogP) is 6.93. The molecule has 0 radical (unpaired) electrons. The van der Waals surface area contributed by atoms with Gasteiger partial charge in [0, 0.05) is 20.0 Å². The Bertz CT molecular complexity index is 551. The number of hydrogen-bond acceptors (Lipinski definition) is 7. The van der Waals surface area contributed by atoms with E-state index in [0.717, 1.165) is 12.8 Å². The molecule has 0 aliphatic heterocycles. The average molecular weight is 546 g/mol. The van der Waals surface area contributed by atoms with Crippen molar-refractivity contribution in [3.63, 3.8) is 0 Å². The molecule has 0 saturated carbocycles. The van der Waals surface area contributed by atoms with Crippen molar-refractivity contribution in [2.24, 2.45) is 0 Å². The van der Waals surface area contributed by atoms with Crippen LogP contribution in [0.1, 0.15) is 118 Å². The minimum absolute atomic E-state index is 0.137. The molecule has 0 rings (SSSR count). The van der Waals surface area contributed by atoms with Crippen LogP contribution in [-0.2, 0) is 28.5 Å². The molecule has 0 atom stereocenters. The van der Waals surface area contributed by atoms with Crippen LogP contribution in [0, 0.1) is 0 Å². The van der Waals surface area contributed by atoms with Crippen molar-refractivity contribution < 1.29 is 33.3 Å². The number of likely N-dealkylation sites (N-methyl/N-ethyl adjacent to an activating group) is 1. The summed E-state index contributed by atoms with van der Waals surface area (Å²) in [5.74, 6) is -0.137. The molecule has 0 saturated heterocycles. The summed E-state index contributed by atoms with van der Waals surface area (Å²) in [7, 11) is 1.68. The second kappa shape index (κ2) is 25.9. The third-order valence-corrected chi connectivity index (χ3v) is 6.00. The van der Waals surface area contributed by atoms with Crippen molar-refractivity contribution in [3.8, 4) is 0 Å². The summed E-state index contributed by atoms with van der Waals surface area (Å²) in [4.78, 5) is 25.1. The zero-order chi connectivity index (χ0) is 28.3. The summed E-state index contributed by atoms with van der Waals surface area (Å²) in [5.41, 5.74) is -0.504. The van der Waals surface area contributed by atoms with E-state index in [2.05, 4.69) is 6.92 Å². The van der Waals surface area contributed by atoms with Crippen molar-refractivity contribution in [1.82, 2.24) is 4.90 Å². The van der Waals surface area contributed by atoms with Gasteiger partial charge in [-0.1, -0.05) is 84.0 Å². The van der Waals surface area contributed by atoms with E-state index in [1.165, 1.54) is 75.5 Å². The molecule has 0 fully saturated rings. The minimum Gasteiger partial charge on any atom is -0.463 e. The summed E-state index contributed by atoms with van der Waals surface area (Å²) >= 11 is 0. The molecule has 8 heteroatoms. The number of unbranched alkanes of at least 4 members (excludes halogenated alkanes) is 12. The van der Waals surface area contributed by atoms with Crippen LogP contribution >= 0.6 is 0 Å². The Kier molecular flexibility index (Phi) is 24.9. The van der Waals surface area contributed by atoms with Crippen molar-refractivity contribution in [2.45, 2.75) is 123 Å². The van der Waals surface area contributed by atoms with E-state index in [4.69, 9.17) is 23.7 Å². The normalized spacial score (nSPS) is 11.5. The van der Waals surface area contributed by atoms with Gasteiger partial charge >= 0.3 is 12.1 Å². The number of hydrogen-bond donors (Lipinski definition) is 0. The van der Waals surface area contributed by atoms with Gasteiger partial charge in [-0.3, -0.25) is 4.79 Å². The highest BCUT2D eigenvalue weighted by atomic mass is 16.6. The van der Waals surface area contributed by atoms with E-state index in [1.807, 2.05) is 20.8 Å². The van der Waals surface area contributed by atoms with Gasteiger partial charge in [0.25, 0.3) is 0 Å². The van der Waals surface area contributed by atoms with Gasteiger partial charge in [-0.2, -0.15) is 0 Å². The molecule has 0 aliphatic rings. The van der Waals surface area contributed by atoms with Gasteiger partial charge in [0.2, 0.25) is 0 Å². The van der Waals surface area contributed by atoms with Gasteiger partial charge in [-0.25, -0.2) is 4.79 Å². The lowest BCUT2D eigenvalue weighted by Crippen LogP contribution is -2.36. The first kappa shape index (κ1) is 36.6. The molecular weight excluding hydrogens is 486 g/mol. The molecule has 0 bridgehead atoms. The first-order valence-corrected chi connectivity index (χ1v) is 15.1. The number of carbonyl (C=O) groups excluding carboxylic acids is 2. The van der Waals surface area contributed by atoms with Crippen molar-refractivity contribution in [3.05, 3.63) is 0 Å². The predicted molar refractivity (Wildman–Crippen MR) is 153 cm³/mol. The largest absolute Gasteiger partial charge is 0.463 e. The second-order valence-electron chi connectivity index (χ2n) is 11.0. The number of rotatable bonds is 26. The van der Waals surface area contributed by atoms with Crippen LogP contribution in [0.4, 0.5) is 4.79 Å². The Morgan fingerprint density at radius 2 is 1.03 bits per heavy atom. The summed E-state index contributed by atoms with van der Waals surface area (Å²) in [6, 6.07) is 0. The van der Waals surface area contributed by atoms with Gasteiger partial charge in [0.1, 0.15) is 12.2 Å². The van der Waals surface area contributed by atoms with Crippen LogP contribution in [0.5, 0.6) is 0 Å².